The first-order valence-electron chi connectivity index (χ1n) is 9.28. The van der Waals surface area contributed by atoms with E-state index in [9.17, 15) is 19.2 Å². The first-order chi connectivity index (χ1) is 12.9. The predicted octanol–water partition coefficient (Wildman–Crippen LogP) is 1.82. The molecule has 4 atom stereocenters. The first kappa shape index (κ1) is 23.7. The van der Waals surface area contributed by atoms with Crippen molar-refractivity contribution in [3.8, 4) is 0 Å². The molecule has 0 bridgehead atoms. The van der Waals surface area contributed by atoms with Crippen molar-refractivity contribution < 1.29 is 38.1 Å². The van der Waals surface area contributed by atoms with Crippen molar-refractivity contribution in [1.82, 2.24) is 5.32 Å². The zero-order chi connectivity index (χ0) is 21.5. The second kappa shape index (κ2) is 10.3. The summed E-state index contributed by atoms with van der Waals surface area (Å²) >= 11 is 0. The highest BCUT2D eigenvalue weighted by Crippen LogP contribution is 2.38. The van der Waals surface area contributed by atoms with E-state index >= 15 is 0 Å². The molecule has 1 rings (SSSR count). The Morgan fingerprint density at radius 1 is 0.821 bits per heavy atom. The molecule has 1 fully saturated rings. The maximum Gasteiger partial charge on any atom is 0.407 e. The number of rotatable bonds is 7. The molecule has 28 heavy (non-hydrogen) atoms. The lowest BCUT2D eigenvalue weighted by molar-refractivity contribution is -0.148. The quantitative estimate of drug-likeness (QED) is 0.507. The summed E-state index contributed by atoms with van der Waals surface area (Å²) in [5.41, 5.74) is -0.664. The molecule has 0 saturated heterocycles. The Morgan fingerprint density at radius 2 is 1.29 bits per heavy atom. The van der Waals surface area contributed by atoms with Gasteiger partial charge in [-0.25, -0.2) is 4.79 Å². The predicted molar refractivity (Wildman–Crippen MR) is 98.1 cm³/mol. The Bertz CT molecular complexity index is 583. The molecule has 0 aromatic rings. The number of hydrogen-bond donors (Lipinski definition) is 1. The van der Waals surface area contributed by atoms with Crippen LogP contribution in [0.5, 0.6) is 0 Å². The molecule has 1 amide bonds. The third-order valence-corrected chi connectivity index (χ3v) is 4.39. The van der Waals surface area contributed by atoms with Crippen LogP contribution in [0.4, 0.5) is 4.79 Å². The van der Waals surface area contributed by atoms with Gasteiger partial charge in [0, 0.05) is 44.6 Å². The van der Waals surface area contributed by atoms with E-state index in [-0.39, 0.29) is 37.6 Å². The molecular formula is C19H31NO8. The average Bonchev–Trinajstić information content (AvgIpc) is 2.83. The van der Waals surface area contributed by atoms with Crippen LogP contribution in [0.1, 0.15) is 48.0 Å². The van der Waals surface area contributed by atoms with Crippen LogP contribution in [-0.2, 0) is 33.3 Å². The van der Waals surface area contributed by atoms with E-state index in [0.717, 1.165) is 0 Å². The lowest BCUT2D eigenvalue weighted by atomic mass is 9.90. The molecule has 1 aliphatic carbocycles. The highest BCUT2D eigenvalue weighted by atomic mass is 16.6. The summed E-state index contributed by atoms with van der Waals surface area (Å²) in [6, 6.07) is -0.393. The average molecular weight is 401 g/mol. The van der Waals surface area contributed by atoms with Crippen molar-refractivity contribution in [1.29, 1.82) is 0 Å². The van der Waals surface area contributed by atoms with E-state index in [2.05, 4.69) is 5.32 Å². The fourth-order valence-electron chi connectivity index (χ4n) is 3.29. The highest BCUT2D eigenvalue weighted by Gasteiger charge is 2.45. The molecule has 0 aliphatic heterocycles. The van der Waals surface area contributed by atoms with Gasteiger partial charge < -0.3 is 24.3 Å². The molecule has 0 radical (unpaired) electrons. The minimum Gasteiger partial charge on any atom is -0.466 e. The maximum atomic E-state index is 12.2. The van der Waals surface area contributed by atoms with E-state index in [4.69, 9.17) is 18.9 Å². The molecule has 0 aromatic carbocycles. The van der Waals surface area contributed by atoms with Crippen molar-refractivity contribution >= 4 is 24.0 Å². The Hall–Kier alpha value is -2.32. The summed E-state index contributed by atoms with van der Waals surface area (Å²) in [7, 11) is 0. The van der Waals surface area contributed by atoms with Gasteiger partial charge in [-0.15, -0.1) is 0 Å². The molecule has 0 unspecified atom stereocenters. The van der Waals surface area contributed by atoms with Gasteiger partial charge >= 0.3 is 24.0 Å². The molecule has 1 N–H and O–H groups in total. The fourth-order valence-corrected chi connectivity index (χ4v) is 3.29. The van der Waals surface area contributed by atoms with Gasteiger partial charge in [0.05, 0.1) is 19.8 Å². The lowest BCUT2D eigenvalue weighted by Gasteiger charge is -2.27. The third kappa shape index (κ3) is 8.58. The molecular weight excluding hydrogens is 370 g/mol. The smallest absolute Gasteiger partial charge is 0.407 e. The van der Waals surface area contributed by atoms with Crippen LogP contribution >= 0.6 is 0 Å². The Kier molecular flexibility index (Phi) is 8.71. The number of alkyl carbamates (subject to hydrolysis) is 1. The number of nitrogens with one attached hydrogen (secondary N) is 1. The molecule has 160 valence electrons. The van der Waals surface area contributed by atoms with Crippen molar-refractivity contribution in [3.63, 3.8) is 0 Å². The second-order valence-electron chi connectivity index (χ2n) is 7.98. The summed E-state index contributed by atoms with van der Waals surface area (Å²) in [5, 5.41) is 2.81. The van der Waals surface area contributed by atoms with Gasteiger partial charge in [0.1, 0.15) is 5.60 Å². The maximum absolute atomic E-state index is 12.2. The number of carbonyl (C=O) groups is 4. The van der Waals surface area contributed by atoms with Gasteiger partial charge in [-0.2, -0.15) is 0 Å². The number of ether oxygens (including phenoxy) is 4. The molecule has 9 nitrogen and oxygen atoms in total. The number of amides is 1. The van der Waals surface area contributed by atoms with E-state index in [0.29, 0.717) is 6.42 Å². The third-order valence-electron chi connectivity index (χ3n) is 4.39. The van der Waals surface area contributed by atoms with Crippen molar-refractivity contribution in [2.75, 3.05) is 19.8 Å². The summed E-state index contributed by atoms with van der Waals surface area (Å²) < 4.78 is 20.8. The Balaban J connectivity index is 2.97. The lowest BCUT2D eigenvalue weighted by Crippen LogP contribution is -2.43. The fraction of sp³-hybridized carbons (Fsp3) is 0.789. The van der Waals surface area contributed by atoms with E-state index in [1.165, 1.54) is 20.8 Å². The van der Waals surface area contributed by atoms with Crippen molar-refractivity contribution in [2.24, 2.45) is 17.8 Å². The zero-order valence-electron chi connectivity index (χ0n) is 17.4. The topological polar surface area (TPSA) is 117 Å². The largest absolute Gasteiger partial charge is 0.466 e. The van der Waals surface area contributed by atoms with Gasteiger partial charge in [0.15, 0.2) is 0 Å². The SMILES string of the molecule is CC(=O)OC[C@H]1C[C@@H](NC(=O)OC(C)(C)C)[C@H](COC(C)=O)[C@H]1COC(C)=O. The Labute approximate surface area is 165 Å². The van der Waals surface area contributed by atoms with Crippen LogP contribution in [0.25, 0.3) is 0 Å². The number of esters is 3. The number of carbonyl (C=O) groups excluding carboxylic acids is 4. The van der Waals surface area contributed by atoms with Crippen LogP contribution in [0, 0.1) is 17.8 Å². The van der Waals surface area contributed by atoms with Gasteiger partial charge in [-0.3, -0.25) is 14.4 Å². The molecule has 1 aliphatic rings. The van der Waals surface area contributed by atoms with Crippen LogP contribution in [0.15, 0.2) is 0 Å². The second-order valence-corrected chi connectivity index (χ2v) is 7.98. The van der Waals surface area contributed by atoms with Gasteiger partial charge in [-0.1, -0.05) is 0 Å². The summed E-state index contributed by atoms with van der Waals surface area (Å²) in [4.78, 5) is 46.0. The van der Waals surface area contributed by atoms with Crippen molar-refractivity contribution in [2.45, 2.75) is 59.6 Å². The highest BCUT2D eigenvalue weighted by molar-refractivity contribution is 5.68. The minimum atomic E-state index is -0.664. The monoisotopic (exact) mass is 401 g/mol. The molecule has 1 saturated carbocycles. The van der Waals surface area contributed by atoms with Gasteiger partial charge in [0.25, 0.3) is 0 Å². The minimum absolute atomic E-state index is 0.0400. The van der Waals surface area contributed by atoms with Crippen LogP contribution in [-0.4, -0.2) is 55.5 Å². The molecule has 0 aromatic heterocycles. The number of hydrogen-bond acceptors (Lipinski definition) is 8. The summed E-state index contributed by atoms with van der Waals surface area (Å²) in [6.45, 7) is 9.39. The van der Waals surface area contributed by atoms with E-state index < -0.39 is 35.6 Å². The van der Waals surface area contributed by atoms with Crippen molar-refractivity contribution in [3.05, 3.63) is 0 Å². The molecule has 9 heteroatoms. The van der Waals surface area contributed by atoms with Crippen LogP contribution in [0.2, 0.25) is 0 Å². The first-order valence-corrected chi connectivity index (χ1v) is 9.28. The summed E-state index contributed by atoms with van der Waals surface area (Å²) in [6.07, 6.45) is -0.130. The van der Waals surface area contributed by atoms with E-state index in [1.54, 1.807) is 20.8 Å². The molecule has 0 spiro atoms. The standard InChI is InChI=1S/C19H31NO8/c1-11(21)25-8-14-7-17(20-18(24)28-19(4,5)6)16(10-27-13(3)23)15(14)9-26-12(2)22/h14-17H,7-10H2,1-6H3,(H,20,24)/t14-,15+,16-,17-/m1/s1. The Morgan fingerprint density at radius 3 is 1.75 bits per heavy atom. The zero-order valence-corrected chi connectivity index (χ0v) is 17.4. The van der Waals surface area contributed by atoms with Crippen LogP contribution in [0.3, 0.4) is 0 Å². The van der Waals surface area contributed by atoms with Crippen LogP contribution < -0.4 is 5.32 Å². The normalized spacial score (nSPS) is 24.2. The van der Waals surface area contributed by atoms with E-state index in [1.807, 2.05) is 0 Å². The summed E-state index contributed by atoms with van der Waals surface area (Å²) in [5.74, 6) is -2.08. The van der Waals surface area contributed by atoms with Gasteiger partial charge in [-0.05, 0) is 27.2 Å². The molecule has 0 heterocycles. The van der Waals surface area contributed by atoms with Gasteiger partial charge in [0.2, 0.25) is 0 Å².